The Morgan fingerprint density at radius 3 is 2.65 bits per heavy atom. The molecule has 1 aliphatic heterocycles. The first kappa shape index (κ1) is 17.5. The molecule has 0 radical (unpaired) electrons. The molecule has 1 N–H and O–H groups in total. The van der Waals surface area contributed by atoms with Gasteiger partial charge in [0.25, 0.3) is 0 Å². The third-order valence-electron chi connectivity index (χ3n) is 4.28. The topological polar surface area (TPSA) is 65.8 Å². The summed E-state index contributed by atoms with van der Waals surface area (Å²) in [6.45, 7) is 7.35. The number of carbonyl (C=O) groups is 2. The van der Waals surface area contributed by atoms with Crippen LogP contribution in [0, 0.1) is 0 Å². The van der Waals surface area contributed by atoms with Crippen molar-refractivity contribution in [3.8, 4) is 0 Å². The molecule has 2 amide bonds. The third-order valence-corrected chi connectivity index (χ3v) is 4.28. The summed E-state index contributed by atoms with van der Waals surface area (Å²) in [5, 5.41) is 2.98. The molecular formula is C17H27N3O3. The van der Waals surface area contributed by atoms with E-state index in [4.69, 9.17) is 4.42 Å². The Kier molecular flexibility index (Phi) is 6.65. The van der Waals surface area contributed by atoms with Crippen molar-refractivity contribution >= 4 is 11.8 Å². The predicted octanol–water partition coefficient (Wildman–Crippen LogP) is 1.27. The van der Waals surface area contributed by atoms with Crippen molar-refractivity contribution in [3.63, 3.8) is 0 Å². The summed E-state index contributed by atoms with van der Waals surface area (Å²) in [5.41, 5.74) is 0. The van der Waals surface area contributed by atoms with Gasteiger partial charge in [-0.1, -0.05) is 6.92 Å². The molecule has 0 bridgehead atoms. The molecule has 6 nitrogen and oxygen atoms in total. The van der Waals surface area contributed by atoms with Crippen molar-refractivity contribution in [2.45, 2.75) is 39.2 Å². The zero-order chi connectivity index (χ0) is 16.7. The Labute approximate surface area is 137 Å². The first-order chi connectivity index (χ1) is 11.1. The summed E-state index contributed by atoms with van der Waals surface area (Å²) >= 11 is 0. The molecule has 1 aliphatic rings. The Hall–Kier alpha value is -1.82. The maximum atomic E-state index is 12.2. The summed E-state index contributed by atoms with van der Waals surface area (Å²) in [5.74, 6) is 1.07. The molecule has 6 heteroatoms. The normalized spacial score (nSPS) is 17.0. The smallest absolute Gasteiger partial charge is 0.234 e. The fraction of sp³-hybridized carbons (Fsp3) is 0.647. The van der Waals surface area contributed by atoms with E-state index in [1.54, 1.807) is 6.26 Å². The van der Waals surface area contributed by atoms with Crippen molar-refractivity contribution in [2.24, 2.45) is 0 Å². The van der Waals surface area contributed by atoms with Crippen molar-refractivity contribution < 1.29 is 14.0 Å². The molecule has 0 spiro atoms. The van der Waals surface area contributed by atoms with Crippen molar-refractivity contribution in [1.29, 1.82) is 0 Å². The maximum absolute atomic E-state index is 12.2. The average Bonchev–Trinajstić information content (AvgIpc) is 3.06. The molecule has 128 valence electrons. The second-order valence-corrected chi connectivity index (χ2v) is 6.11. The lowest BCUT2D eigenvalue weighted by atomic mass is 10.2. The molecular weight excluding hydrogens is 294 g/mol. The number of amides is 2. The molecule has 1 aromatic heterocycles. The summed E-state index contributed by atoms with van der Waals surface area (Å²) in [4.78, 5) is 28.1. The molecule has 1 atom stereocenters. The second kappa shape index (κ2) is 8.72. The van der Waals surface area contributed by atoms with Gasteiger partial charge in [0.1, 0.15) is 5.76 Å². The standard InChI is InChI=1S/C17H27N3O3/c1-3-14(2)18-16(21)13-19-8-10-20(11-9-19)17(22)7-6-15-5-4-12-23-15/h4-5,12,14H,3,6-11,13H2,1-2H3,(H,18,21). The van der Waals surface area contributed by atoms with Crippen molar-refractivity contribution in [2.75, 3.05) is 32.7 Å². The quantitative estimate of drug-likeness (QED) is 0.821. The number of aryl methyl sites for hydroxylation is 1. The summed E-state index contributed by atoms with van der Waals surface area (Å²) in [6, 6.07) is 3.94. The summed E-state index contributed by atoms with van der Waals surface area (Å²) < 4.78 is 5.25. The minimum absolute atomic E-state index is 0.0666. The van der Waals surface area contributed by atoms with Gasteiger partial charge in [-0.25, -0.2) is 0 Å². The van der Waals surface area contributed by atoms with Crippen LogP contribution in [0.3, 0.4) is 0 Å². The molecule has 1 fully saturated rings. The van der Waals surface area contributed by atoms with E-state index < -0.39 is 0 Å². The van der Waals surface area contributed by atoms with Gasteiger partial charge in [0.15, 0.2) is 0 Å². The first-order valence-electron chi connectivity index (χ1n) is 8.40. The van der Waals surface area contributed by atoms with Crippen LogP contribution in [0.25, 0.3) is 0 Å². The second-order valence-electron chi connectivity index (χ2n) is 6.11. The molecule has 0 saturated carbocycles. The molecule has 23 heavy (non-hydrogen) atoms. The highest BCUT2D eigenvalue weighted by Gasteiger charge is 2.22. The van der Waals surface area contributed by atoms with Gasteiger partial charge in [-0.3, -0.25) is 14.5 Å². The number of rotatable bonds is 7. The largest absolute Gasteiger partial charge is 0.469 e. The van der Waals surface area contributed by atoms with E-state index >= 15 is 0 Å². The van der Waals surface area contributed by atoms with Crippen LogP contribution in [0.2, 0.25) is 0 Å². The Morgan fingerprint density at radius 2 is 2.04 bits per heavy atom. The van der Waals surface area contributed by atoms with Gasteiger partial charge in [-0.2, -0.15) is 0 Å². The van der Waals surface area contributed by atoms with Crippen LogP contribution < -0.4 is 5.32 Å². The van der Waals surface area contributed by atoms with Gasteiger partial charge in [0, 0.05) is 45.1 Å². The van der Waals surface area contributed by atoms with Crippen LogP contribution >= 0.6 is 0 Å². The van der Waals surface area contributed by atoms with E-state index in [9.17, 15) is 9.59 Å². The lowest BCUT2D eigenvalue weighted by Crippen LogP contribution is -2.51. The third kappa shape index (κ3) is 5.71. The monoisotopic (exact) mass is 321 g/mol. The number of nitrogens with zero attached hydrogens (tertiary/aromatic N) is 2. The van der Waals surface area contributed by atoms with Crippen LogP contribution in [-0.4, -0.2) is 60.4 Å². The molecule has 2 rings (SSSR count). The van der Waals surface area contributed by atoms with E-state index in [2.05, 4.69) is 17.1 Å². The van der Waals surface area contributed by atoms with E-state index in [0.29, 0.717) is 32.5 Å². The first-order valence-corrected chi connectivity index (χ1v) is 8.40. The SMILES string of the molecule is CCC(C)NC(=O)CN1CCN(C(=O)CCc2ccco2)CC1. The zero-order valence-electron chi connectivity index (χ0n) is 14.1. The minimum Gasteiger partial charge on any atom is -0.469 e. The van der Waals surface area contributed by atoms with E-state index in [0.717, 1.165) is 25.3 Å². The maximum Gasteiger partial charge on any atom is 0.234 e. The number of hydrogen-bond acceptors (Lipinski definition) is 4. The minimum atomic E-state index is 0.0666. The molecule has 1 aromatic rings. The number of furan rings is 1. The van der Waals surface area contributed by atoms with Crippen molar-refractivity contribution in [1.82, 2.24) is 15.1 Å². The number of hydrogen-bond donors (Lipinski definition) is 1. The van der Waals surface area contributed by atoms with Crippen LogP contribution in [0.15, 0.2) is 22.8 Å². The Bertz CT molecular complexity index is 493. The lowest BCUT2D eigenvalue weighted by molar-refractivity contribution is -0.133. The van der Waals surface area contributed by atoms with Crippen LogP contribution in [0.1, 0.15) is 32.4 Å². The van der Waals surface area contributed by atoms with Crippen LogP contribution in [0.5, 0.6) is 0 Å². The van der Waals surface area contributed by atoms with Gasteiger partial charge in [-0.05, 0) is 25.5 Å². The molecule has 1 saturated heterocycles. The number of nitrogens with one attached hydrogen (secondary N) is 1. The summed E-state index contributed by atoms with van der Waals surface area (Å²) in [7, 11) is 0. The molecule has 1 unspecified atom stereocenters. The van der Waals surface area contributed by atoms with Crippen LogP contribution in [-0.2, 0) is 16.0 Å². The highest BCUT2D eigenvalue weighted by Crippen LogP contribution is 2.08. The molecule has 0 aromatic carbocycles. The lowest BCUT2D eigenvalue weighted by Gasteiger charge is -2.34. The predicted molar refractivity (Wildman–Crippen MR) is 87.9 cm³/mol. The van der Waals surface area contributed by atoms with Gasteiger partial charge in [0.05, 0.1) is 12.8 Å². The fourth-order valence-corrected chi connectivity index (χ4v) is 2.62. The van der Waals surface area contributed by atoms with Gasteiger partial charge in [-0.15, -0.1) is 0 Å². The highest BCUT2D eigenvalue weighted by molar-refractivity contribution is 5.78. The number of carbonyl (C=O) groups excluding carboxylic acids is 2. The van der Waals surface area contributed by atoms with E-state index in [1.807, 2.05) is 24.0 Å². The zero-order valence-corrected chi connectivity index (χ0v) is 14.1. The highest BCUT2D eigenvalue weighted by atomic mass is 16.3. The van der Waals surface area contributed by atoms with Crippen molar-refractivity contribution in [3.05, 3.63) is 24.2 Å². The van der Waals surface area contributed by atoms with E-state index in [-0.39, 0.29) is 17.9 Å². The number of piperazine rings is 1. The Balaban J connectivity index is 1.66. The molecule has 0 aliphatic carbocycles. The van der Waals surface area contributed by atoms with Crippen LogP contribution in [0.4, 0.5) is 0 Å². The average molecular weight is 321 g/mol. The van der Waals surface area contributed by atoms with Gasteiger partial charge < -0.3 is 14.6 Å². The fourth-order valence-electron chi connectivity index (χ4n) is 2.62. The van der Waals surface area contributed by atoms with E-state index in [1.165, 1.54) is 0 Å². The Morgan fingerprint density at radius 1 is 1.30 bits per heavy atom. The van der Waals surface area contributed by atoms with Gasteiger partial charge >= 0.3 is 0 Å². The molecule has 2 heterocycles. The summed E-state index contributed by atoms with van der Waals surface area (Å²) in [6.07, 6.45) is 3.68. The van der Waals surface area contributed by atoms with Gasteiger partial charge in [0.2, 0.25) is 11.8 Å².